The Bertz CT molecular complexity index is 1030. The first-order valence-corrected chi connectivity index (χ1v) is 9.40. The van der Waals surface area contributed by atoms with Gasteiger partial charge in [0.25, 0.3) is 0 Å². The van der Waals surface area contributed by atoms with E-state index in [2.05, 4.69) is 20.7 Å². The Morgan fingerprint density at radius 3 is 2.89 bits per heavy atom. The lowest BCUT2D eigenvalue weighted by Crippen LogP contribution is -2.27. The second-order valence-electron chi connectivity index (χ2n) is 6.83. The minimum Gasteiger partial charge on any atom is -0.353 e. The molecule has 1 aliphatic rings. The quantitative estimate of drug-likeness (QED) is 0.658. The van der Waals surface area contributed by atoms with Crippen molar-refractivity contribution >= 4 is 29.0 Å². The zero-order valence-corrected chi connectivity index (χ0v) is 16.0. The molecule has 8 heteroatoms. The third-order valence-electron chi connectivity index (χ3n) is 4.41. The van der Waals surface area contributed by atoms with Gasteiger partial charge in [-0.3, -0.25) is 9.78 Å². The van der Waals surface area contributed by atoms with Gasteiger partial charge < -0.3 is 10.6 Å². The fraction of sp³-hybridized carbons (Fsp3) is 0.250. The molecule has 2 N–H and O–H groups in total. The van der Waals surface area contributed by atoms with Gasteiger partial charge in [-0.15, -0.1) is 5.10 Å². The lowest BCUT2D eigenvalue weighted by molar-refractivity contribution is -0.120. The molecule has 144 valence electrons. The number of pyridine rings is 1. The van der Waals surface area contributed by atoms with Crippen molar-refractivity contribution in [2.45, 2.75) is 32.2 Å². The van der Waals surface area contributed by atoms with Crippen molar-refractivity contribution in [1.29, 1.82) is 0 Å². The maximum atomic E-state index is 14.2. The largest absolute Gasteiger partial charge is 0.353 e. The Hall–Kier alpha value is -2.93. The highest BCUT2D eigenvalue weighted by atomic mass is 35.5. The van der Waals surface area contributed by atoms with Crippen molar-refractivity contribution in [1.82, 2.24) is 20.1 Å². The summed E-state index contributed by atoms with van der Waals surface area (Å²) in [5, 5.41) is 10.5. The fourth-order valence-corrected chi connectivity index (χ4v) is 3.08. The van der Waals surface area contributed by atoms with E-state index in [1.807, 2.05) is 19.1 Å². The summed E-state index contributed by atoms with van der Waals surface area (Å²) in [6, 6.07) is 10.4. The van der Waals surface area contributed by atoms with Gasteiger partial charge in [-0.1, -0.05) is 17.7 Å². The van der Waals surface area contributed by atoms with Crippen LogP contribution in [0.2, 0.25) is 5.02 Å². The number of halogens is 2. The van der Waals surface area contributed by atoms with E-state index in [0.29, 0.717) is 11.5 Å². The zero-order valence-electron chi connectivity index (χ0n) is 15.2. The number of hydrogen-bond acceptors (Lipinski definition) is 4. The molecule has 0 aliphatic heterocycles. The number of carbonyl (C=O) groups is 1. The van der Waals surface area contributed by atoms with Crippen LogP contribution in [0, 0.1) is 12.7 Å². The Labute approximate surface area is 166 Å². The molecular formula is C20H19ClFN5O. The highest BCUT2D eigenvalue weighted by Gasteiger charge is 2.24. The first kappa shape index (κ1) is 18.4. The van der Waals surface area contributed by atoms with Gasteiger partial charge in [-0.2, -0.15) is 0 Å². The van der Waals surface area contributed by atoms with Crippen LogP contribution >= 0.6 is 11.6 Å². The van der Waals surface area contributed by atoms with E-state index in [1.165, 1.54) is 6.07 Å². The zero-order chi connectivity index (χ0) is 19.7. The maximum absolute atomic E-state index is 14.2. The molecule has 4 rings (SSSR count). The van der Waals surface area contributed by atoms with Gasteiger partial charge >= 0.3 is 0 Å². The smallest absolute Gasteiger partial charge is 0.226 e. The molecule has 2 heterocycles. The summed E-state index contributed by atoms with van der Waals surface area (Å²) in [6.45, 7) is 1.88. The van der Waals surface area contributed by atoms with E-state index >= 15 is 0 Å². The van der Waals surface area contributed by atoms with Crippen molar-refractivity contribution in [3.05, 3.63) is 64.8 Å². The first-order valence-electron chi connectivity index (χ1n) is 9.02. The van der Waals surface area contributed by atoms with E-state index in [4.69, 9.17) is 11.6 Å². The summed E-state index contributed by atoms with van der Waals surface area (Å²) < 4.78 is 15.9. The Kier molecular flexibility index (Phi) is 5.00. The van der Waals surface area contributed by atoms with Crippen molar-refractivity contribution < 1.29 is 9.18 Å². The average molecular weight is 400 g/mol. The summed E-state index contributed by atoms with van der Waals surface area (Å²) in [5.41, 5.74) is 2.52. The number of hydrogen-bond donors (Lipinski definition) is 2. The van der Waals surface area contributed by atoms with Crippen molar-refractivity contribution in [2.75, 3.05) is 5.32 Å². The standard InChI is InChI=1S/C20H19ClFN5O/c1-12-9-14(7-8-23-12)27-15(11-19(28)24-13-5-6-13)10-18(26-27)25-17-4-2-3-16(21)20(17)22/h2-4,7-10,13H,5-6,11H2,1H3,(H,24,28)(H,25,26). The molecule has 6 nitrogen and oxygen atoms in total. The highest BCUT2D eigenvalue weighted by molar-refractivity contribution is 6.31. The van der Waals surface area contributed by atoms with Crippen LogP contribution in [0.1, 0.15) is 24.2 Å². The van der Waals surface area contributed by atoms with Gasteiger partial charge in [0, 0.05) is 24.0 Å². The molecule has 0 atom stereocenters. The maximum Gasteiger partial charge on any atom is 0.226 e. The van der Waals surface area contributed by atoms with Crippen LogP contribution in [0.15, 0.2) is 42.6 Å². The molecule has 0 bridgehead atoms. The number of aryl methyl sites for hydroxylation is 1. The van der Waals surface area contributed by atoms with Crippen LogP contribution in [0.25, 0.3) is 5.69 Å². The molecule has 28 heavy (non-hydrogen) atoms. The fourth-order valence-electron chi connectivity index (χ4n) is 2.90. The predicted octanol–water partition coefficient (Wildman–Crippen LogP) is 3.93. The molecule has 1 saturated carbocycles. The molecule has 0 saturated heterocycles. The molecule has 0 radical (unpaired) electrons. The molecule has 2 aromatic heterocycles. The minimum atomic E-state index is -0.550. The van der Waals surface area contributed by atoms with Gasteiger partial charge in [0.05, 0.1) is 28.5 Å². The van der Waals surface area contributed by atoms with Crippen molar-refractivity contribution in [3.8, 4) is 5.69 Å². The topological polar surface area (TPSA) is 71.8 Å². The van der Waals surface area contributed by atoms with Crippen LogP contribution < -0.4 is 10.6 Å². The number of benzene rings is 1. The second kappa shape index (κ2) is 7.59. The normalized spacial score (nSPS) is 13.4. The summed E-state index contributed by atoms with van der Waals surface area (Å²) in [6.07, 6.45) is 3.90. The van der Waals surface area contributed by atoms with E-state index in [9.17, 15) is 9.18 Å². The Morgan fingerprint density at radius 2 is 2.14 bits per heavy atom. The van der Waals surface area contributed by atoms with Gasteiger partial charge in [-0.05, 0) is 44.0 Å². The molecular weight excluding hydrogens is 381 g/mol. The van der Waals surface area contributed by atoms with Crippen molar-refractivity contribution in [3.63, 3.8) is 0 Å². The third-order valence-corrected chi connectivity index (χ3v) is 4.70. The number of anilines is 2. The van der Waals surface area contributed by atoms with Gasteiger partial charge in [0.15, 0.2) is 11.6 Å². The molecule has 1 amide bonds. The Balaban J connectivity index is 1.66. The lowest BCUT2D eigenvalue weighted by Gasteiger charge is -2.08. The number of amides is 1. The first-order chi connectivity index (χ1) is 13.5. The Morgan fingerprint density at radius 1 is 1.32 bits per heavy atom. The highest BCUT2D eigenvalue weighted by Crippen LogP contribution is 2.26. The molecule has 1 aliphatic carbocycles. The van der Waals surface area contributed by atoms with E-state index in [-0.39, 0.29) is 29.1 Å². The summed E-state index contributed by atoms with van der Waals surface area (Å²) in [5.74, 6) is -0.189. The van der Waals surface area contributed by atoms with Crippen LogP contribution in [-0.4, -0.2) is 26.7 Å². The van der Waals surface area contributed by atoms with Crippen molar-refractivity contribution in [2.24, 2.45) is 0 Å². The van der Waals surface area contributed by atoms with E-state index in [1.54, 1.807) is 29.1 Å². The molecule has 1 aromatic carbocycles. The summed E-state index contributed by atoms with van der Waals surface area (Å²) >= 11 is 5.85. The van der Waals surface area contributed by atoms with Crippen LogP contribution in [0.3, 0.4) is 0 Å². The number of carbonyl (C=O) groups excluding carboxylic acids is 1. The number of rotatable bonds is 6. The summed E-state index contributed by atoms with van der Waals surface area (Å²) in [4.78, 5) is 16.5. The summed E-state index contributed by atoms with van der Waals surface area (Å²) in [7, 11) is 0. The minimum absolute atomic E-state index is 0.0261. The van der Waals surface area contributed by atoms with E-state index < -0.39 is 5.82 Å². The van der Waals surface area contributed by atoms with Gasteiger partial charge in [0.1, 0.15) is 0 Å². The number of aromatic nitrogens is 3. The van der Waals surface area contributed by atoms with Crippen LogP contribution in [0.5, 0.6) is 0 Å². The number of nitrogens with zero attached hydrogens (tertiary/aromatic N) is 3. The third kappa shape index (κ3) is 4.14. The number of nitrogens with one attached hydrogen (secondary N) is 2. The molecule has 1 fully saturated rings. The van der Waals surface area contributed by atoms with Gasteiger partial charge in [-0.25, -0.2) is 9.07 Å². The SMILES string of the molecule is Cc1cc(-n2nc(Nc3cccc(Cl)c3F)cc2CC(=O)NC2CC2)ccn1. The lowest BCUT2D eigenvalue weighted by atomic mass is 10.2. The molecule has 0 unspecified atom stereocenters. The molecule has 3 aromatic rings. The van der Waals surface area contributed by atoms with Crippen LogP contribution in [-0.2, 0) is 11.2 Å². The second-order valence-corrected chi connectivity index (χ2v) is 7.24. The van der Waals surface area contributed by atoms with E-state index in [0.717, 1.165) is 24.2 Å². The monoisotopic (exact) mass is 399 g/mol. The molecule has 0 spiro atoms. The van der Waals surface area contributed by atoms with Gasteiger partial charge in [0.2, 0.25) is 5.91 Å². The average Bonchev–Trinajstić information content (AvgIpc) is 3.38. The predicted molar refractivity (Wildman–Crippen MR) is 106 cm³/mol. The van der Waals surface area contributed by atoms with Crippen LogP contribution in [0.4, 0.5) is 15.9 Å².